The number of aryl methyl sites for hydroxylation is 1. The number of nitrogens with one attached hydrogen (secondary N) is 2. The Hall–Kier alpha value is -1.95. The molecule has 0 fully saturated rings. The summed E-state index contributed by atoms with van der Waals surface area (Å²) >= 11 is 0. The third-order valence-corrected chi connectivity index (χ3v) is 2.16. The van der Waals surface area contributed by atoms with E-state index in [-0.39, 0.29) is 11.8 Å². The molecule has 2 rings (SSSR count). The maximum absolute atomic E-state index is 13.5. The molecular weight excluding hydrogens is 223 g/mol. The Morgan fingerprint density at radius 3 is 2.88 bits per heavy atom. The van der Waals surface area contributed by atoms with E-state index in [4.69, 9.17) is 4.42 Å². The summed E-state index contributed by atoms with van der Waals surface area (Å²) in [6.45, 7) is 2.30. The number of benzene rings is 1. The van der Waals surface area contributed by atoms with Crippen LogP contribution in [0.3, 0.4) is 0 Å². The summed E-state index contributed by atoms with van der Waals surface area (Å²) in [7, 11) is 1.77. The average Bonchev–Trinajstić information content (AvgIpc) is 2.71. The van der Waals surface area contributed by atoms with Gasteiger partial charge in [0.25, 0.3) is 0 Å². The number of anilines is 2. The van der Waals surface area contributed by atoms with Crippen molar-refractivity contribution in [3.63, 3.8) is 0 Å². The first-order chi connectivity index (χ1) is 8.19. The Morgan fingerprint density at radius 2 is 2.18 bits per heavy atom. The Kier molecular flexibility index (Phi) is 3.34. The van der Waals surface area contributed by atoms with Gasteiger partial charge in [0.2, 0.25) is 5.89 Å². The van der Waals surface area contributed by atoms with E-state index < -0.39 is 0 Å². The second kappa shape index (κ2) is 4.92. The van der Waals surface area contributed by atoms with Gasteiger partial charge in [-0.3, -0.25) is 0 Å². The van der Waals surface area contributed by atoms with Gasteiger partial charge in [0.15, 0.2) is 0 Å². The summed E-state index contributed by atoms with van der Waals surface area (Å²) in [6.07, 6.45) is 0. The van der Waals surface area contributed by atoms with Crippen LogP contribution in [0.15, 0.2) is 22.6 Å². The Balaban J connectivity index is 2.13. The first-order valence-electron chi connectivity index (χ1n) is 5.19. The van der Waals surface area contributed by atoms with Crippen LogP contribution in [0, 0.1) is 12.7 Å². The highest BCUT2D eigenvalue weighted by atomic mass is 19.1. The lowest BCUT2D eigenvalue weighted by atomic mass is 10.2. The summed E-state index contributed by atoms with van der Waals surface area (Å²) in [6, 6.07) is 5.05. The van der Waals surface area contributed by atoms with Crippen LogP contribution in [-0.2, 0) is 6.54 Å². The second-order valence-corrected chi connectivity index (χ2v) is 3.64. The topological polar surface area (TPSA) is 63.0 Å². The summed E-state index contributed by atoms with van der Waals surface area (Å²) in [5.74, 6) is 0.0980. The van der Waals surface area contributed by atoms with E-state index in [0.717, 1.165) is 5.56 Å². The van der Waals surface area contributed by atoms with E-state index >= 15 is 0 Å². The Labute approximate surface area is 98.1 Å². The van der Waals surface area contributed by atoms with Gasteiger partial charge in [0, 0.05) is 0 Å². The van der Waals surface area contributed by atoms with Gasteiger partial charge in [-0.2, -0.15) is 0 Å². The lowest BCUT2D eigenvalue weighted by Gasteiger charge is -2.03. The van der Waals surface area contributed by atoms with Crippen molar-refractivity contribution in [3.8, 4) is 0 Å². The molecule has 5 nitrogen and oxygen atoms in total. The van der Waals surface area contributed by atoms with Gasteiger partial charge in [0.1, 0.15) is 5.82 Å². The minimum absolute atomic E-state index is 0.179. The molecule has 2 aromatic rings. The van der Waals surface area contributed by atoms with Crippen LogP contribution in [0.2, 0.25) is 0 Å². The number of nitrogens with zero attached hydrogens (tertiary/aromatic N) is 2. The fourth-order valence-electron chi connectivity index (χ4n) is 1.36. The van der Waals surface area contributed by atoms with Gasteiger partial charge in [-0.15, -0.1) is 5.10 Å². The molecule has 0 saturated heterocycles. The van der Waals surface area contributed by atoms with Crippen molar-refractivity contribution >= 4 is 11.7 Å². The largest absolute Gasteiger partial charge is 0.406 e. The van der Waals surface area contributed by atoms with Gasteiger partial charge < -0.3 is 15.1 Å². The van der Waals surface area contributed by atoms with Gasteiger partial charge in [0.05, 0.1) is 12.2 Å². The zero-order chi connectivity index (χ0) is 12.3. The highest BCUT2D eigenvalue weighted by Gasteiger charge is 2.08. The predicted molar refractivity (Wildman–Crippen MR) is 61.5 cm³/mol. The van der Waals surface area contributed by atoms with Gasteiger partial charge in [-0.1, -0.05) is 11.2 Å². The molecule has 0 atom stereocenters. The quantitative estimate of drug-likeness (QED) is 0.849. The maximum Gasteiger partial charge on any atom is 0.320 e. The fourth-order valence-corrected chi connectivity index (χ4v) is 1.36. The lowest BCUT2D eigenvalue weighted by Crippen LogP contribution is -2.04. The molecule has 1 aromatic carbocycles. The second-order valence-electron chi connectivity index (χ2n) is 3.64. The smallest absolute Gasteiger partial charge is 0.320 e. The van der Waals surface area contributed by atoms with Crippen LogP contribution in [-0.4, -0.2) is 17.2 Å². The molecule has 0 aliphatic heterocycles. The highest BCUT2D eigenvalue weighted by Crippen LogP contribution is 2.19. The summed E-state index contributed by atoms with van der Waals surface area (Å²) in [5, 5.41) is 13.2. The van der Waals surface area contributed by atoms with E-state index in [2.05, 4.69) is 20.8 Å². The standard InChI is InChI=1S/C11H13FN4O/c1-7-3-4-9(8(12)5-7)14-11-16-15-10(17-11)6-13-2/h3-5,13H,6H2,1-2H3,(H,14,16). The van der Waals surface area contributed by atoms with Crippen LogP contribution in [0.4, 0.5) is 16.1 Å². The third-order valence-electron chi connectivity index (χ3n) is 2.16. The predicted octanol–water partition coefficient (Wildman–Crippen LogP) is 1.98. The first kappa shape index (κ1) is 11.5. The Bertz CT molecular complexity index is 512. The molecule has 0 saturated carbocycles. The fraction of sp³-hybridized carbons (Fsp3) is 0.273. The number of aromatic nitrogens is 2. The minimum Gasteiger partial charge on any atom is -0.406 e. The molecule has 0 bridgehead atoms. The SMILES string of the molecule is CNCc1nnc(Nc2ccc(C)cc2F)o1. The maximum atomic E-state index is 13.5. The molecule has 17 heavy (non-hydrogen) atoms. The van der Waals surface area contributed by atoms with Crippen LogP contribution in [0.1, 0.15) is 11.5 Å². The normalized spacial score (nSPS) is 10.5. The zero-order valence-electron chi connectivity index (χ0n) is 9.62. The van der Waals surface area contributed by atoms with Crippen molar-refractivity contribution in [2.45, 2.75) is 13.5 Å². The van der Waals surface area contributed by atoms with Crippen LogP contribution >= 0.6 is 0 Å². The summed E-state index contributed by atoms with van der Waals surface area (Å²) < 4.78 is 18.8. The third kappa shape index (κ3) is 2.79. The van der Waals surface area contributed by atoms with E-state index in [1.807, 2.05) is 6.92 Å². The molecule has 6 heteroatoms. The van der Waals surface area contributed by atoms with Gasteiger partial charge in [-0.05, 0) is 31.7 Å². The molecule has 0 spiro atoms. The molecule has 0 aliphatic carbocycles. The molecule has 0 amide bonds. The van der Waals surface area contributed by atoms with Crippen molar-refractivity contribution in [2.24, 2.45) is 0 Å². The van der Waals surface area contributed by atoms with Crippen molar-refractivity contribution in [1.29, 1.82) is 0 Å². The van der Waals surface area contributed by atoms with Crippen molar-refractivity contribution < 1.29 is 8.81 Å². The summed E-state index contributed by atoms with van der Waals surface area (Å²) in [4.78, 5) is 0. The molecule has 2 N–H and O–H groups in total. The van der Waals surface area contributed by atoms with Gasteiger partial charge in [-0.25, -0.2) is 4.39 Å². The molecule has 0 aliphatic rings. The number of hydrogen-bond acceptors (Lipinski definition) is 5. The zero-order valence-corrected chi connectivity index (χ0v) is 9.62. The average molecular weight is 236 g/mol. The number of rotatable bonds is 4. The van der Waals surface area contributed by atoms with Crippen molar-refractivity contribution in [3.05, 3.63) is 35.5 Å². The van der Waals surface area contributed by atoms with E-state index in [1.165, 1.54) is 6.07 Å². The van der Waals surface area contributed by atoms with E-state index in [9.17, 15) is 4.39 Å². The molecule has 0 unspecified atom stereocenters. The monoisotopic (exact) mass is 236 g/mol. The minimum atomic E-state index is -0.349. The van der Waals surface area contributed by atoms with Crippen molar-refractivity contribution in [2.75, 3.05) is 12.4 Å². The number of halogens is 1. The van der Waals surface area contributed by atoms with Crippen LogP contribution in [0.5, 0.6) is 0 Å². The van der Waals surface area contributed by atoms with Crippen LogP contribution < -0.4 is 10.6 Å². The lowest BCUT2D eigenvalue weighted by molar-refractivity contribution is 0.492. The molecule has 90 valence electrons. The van der Waals surface area contributed by atoms with E-state index in [0.29, 0.717) is 18.1 Å². The van der Waals surface area contributed by atoms with Crippen molar-refractivity contribution in [1.82, 2.24) is 15.5 Å². The van der Waals surface area contributed by atoms with E-state index in [1.54, 1.807) is 19.2 Å². The highest BCUT2D eigenvalue weighted by molar-refractivity contribution is 5.53. The van der Waals surface area contributed by atoms with Gasteiger partial charge >= 0.3 is 6.01 Å². The molecule has 1 aromatic heterocycles. The Morgan fingerprint density at radius 1 is 1.35 bits per heavy atom. The summed E-state index contributed by atoms with van der Waals surface area (Å²) in [5.41, 5.74) is 1.17. The molecule has 0 radical (unpaired) electrons. The number of hydrogen-bond donors (Lipinski definition) is 2. The molecular formula is C11H13FN4O. The molecule has 1 heterocycles. The van der Waals surface area contributed by atoms with Crippen LogP contribution in [0.25, 0.3) is 0 Å². The first-order valence-corrected chi connectivity index (χ1v) is 5.19.